The van der Waals surface area contributed by atoms with E-state index in [4.69, 9.17) is 22.1 Å². The van der Waals surface area contributed by atoms with E-state index in [9.17, 15) is 23.5 Å². The van der Waals surface area contributed by atoms with Gasteiger partial charge in [0.1, 0.15) is 12.1 Å². The highest BCUT2D eigenvalue weighted by Crippen LogP contribution is 2.46. The fraction of sp³-hybridized carbons (Fsp3) is 0.414. The fourth-order valence-electron chi connectivity index (χ4n) is 5.66. The zero-order chi connectivity index (χ0) is 28.5. The molecule has 1 saturated carbocycles. The minimum absolute atomic E-state index is 0.0647. The van der Waals surface area contributed by atoms with E-state index in [0.29, 0.717) is 10.8 Å². The molecule has 1 aliphatic carbocycles. The maximum Gasteiger partial charge on any atom is 0.280 e. The van der Waals surface area contributed by atoms with E-state index >= 15 is 0 Å². The number of alkyl halides is 2. The molecule has 2 aromatic carbocycles. The number of halogens is 3. The number of aromatic nitrogens is 2. The summed E-state index contributed by atoms with van der Waals surface area (Å²) in [7, 11) is 0. The topological polar surface area (TPSA) is 111 Å². The Bertz CT molecular complexity index is 1430. The summed E-state index contributed by atoms with van der Waals surface area (Å²) in [5.41, 5.74) is 4.69. The van der Waals surface area contributed by atoms with Gasteiger partial charge in [0.15, 0.2) is 5.69 Å². The molecule has 2 fully saturated rings. The van der Waals surface area contributed by atoms with Crippen LogP contribution in [0.15, 0.2) is 65.7 Å². The second-order valence-corrected chi connectivity index (χ2v) is 11.2. The number of anilines is 1. The van der Waals surface area contributed by atoms with Crippen LogP contribution in [-0.4, -0.2) is 50.1 Å². The lowest BCUT2D eigenvalue weighted by Gasteiger charge is -2.42. The largest absolute Gasteiger partial charge is 0.437 e. The maximum absolute atomic E-state index is 14.3. The van der Waals surface area contributed by atoms with Crippen molar-refractivity contribution in [2.24, 2.45) is 5.92 Å². The number of amides is 1. The van der Waals surface area contributed by atoms with Gasteiger partial charge in [-0.25, -0.2) is 13.8 Å². The molecule has 1 aromatic heterocycles. The first-order valence-corrected chi connectivity index (χ1v) is 13.6. The number of hydrogen-bond acceptors (Lipinski definition) is 6. The van der Waals surface area contributed by atoms with Gasteiger partial charge in [0.05, 0.1) is 12.1 Å². The zero-order valence-electron chi connectivity index (χ0n) is 21.8. The number of nitrogens with zero attached hydrogens (tertiary/aromatic N) is 3. The van der Waals surface area contributed by atoms with Gasteiger partial charge in [0, 0.05) is 42.8 Å². The first-order chi connectivity index (χ1) is 19.0. The highest BCUT2D eigenvalue weighted by atomic mass is 35.5. The van der Waals surface area contributed by atoms with Crippen LogP contribution in [0.5, 0.6) is 11.6 Å². The van der Waals surface area contributed by atoms with Gasteiger partial charge >= 0.3 is 0 Å². The molecule has 0 bridgehead atoms. The minimum atomic E-state index is -2.81. The summed E-state index contributed by atoms with van der Waals surface area (Å²) < 4.78 is 35.5. The van der Waals surface area contributed by atoms with Crippen molar-refractivity contribution < 1.29 is 23.4 Å². The number of hydrogen-bond donors (Lipinski definition) is 2. The van der Waals surface area contributed by atoms with Crippen LogP contribution in [0.1, 0.15) is 43.6 Å². The van der Waals surface area contributed by atoms with Gasteiger partial charge in [-0.2, -0.15) is 0 Å². The smallest absolute Gasteiger partial charge is 0.280 e. The Balaban J connectivity index is 1.24. The number of rotatable bonds is 6. The first kappa shape index (κ1) is 28.0. The van der Waals surface area contributed by atoms with Gasteiger partial charge in [-0.1, -0.05) is 48.0 Å². The number of piperidine rings is 1. The number of likely N-dealkylation sites (tertiary alicyclic amines) is 1. The van der Waals surface area contributed by atoms with Gasteiger partial charge in [-0.05, 0) is 43.0 Å². The monoisotopic (exact) mass is 572 g/mol. The molecule has 3 aromatic rings. The lowest BCUT2D eigenvalue weighted by Crippen LogP contribution is -2.52. The molecular weight excluding hydrogens is 542 g/mol. The predicted molar refractivity (Wildman–Crippen MR) is 147 cm³/mol. The van der Waals surface area contributed by atoms with Crippen molar-refractivity contribution in [3.05, 3.63) is 81.9 Å². The summed E-state index contributed by atoms with van der Waals surface area (Å²) in [6.45, 7) is 0.430. The molecule has 0 unspecified atom stereocenters. The van der Waals surface area contributed by atoms with Crippen LogP contribution in [-0.2, 0) is 11.3 Å². The molecule has 2 atom stereocenters. The van der Waals surface area contributed by atoms with Crippen molar-refractivity contribution in [1.29, 1.82) is 0 Å². The van der Waals surface area contributed by atoms with Crippen LogP contribution in [0.4, 0.5) is 14.5 Å². The number of aliphatic hydroxyl groups is 1. The van der Waals surface area contributed by atoms with Crippen LogP contribution in [0.2, 0.25) is 5.02 Å². The normalized spacial score (nSPS) is 22.1. The predicted octanol–water partition coefficient (Wildman–Crippen LogP) is 4.84. The summed E-state index contributed by atoms with van der Waals surface area (Å²) in [4.78, 5) is 32.2. The van der Waals surface area contributed by atoms with Crippen molar-refractivity contribution in [1.82, 2.24) is 14.5 Å². The zero-order valence-corrected chi connectivity index (χ0v) is 22.6. The van der Waals surface area contributed by atoms with Crippen LogP contribution < -0.4 is 16.0 Å². The molecule has 212 valence electrons. The lowest BCUT2D eigenvalue weighted by molar-refractivity contribution is -0.145. The molecule has 8 nitrogen and oxygen atoms in total. The van der Waals surface area contributed by atoms with E-state index in [0.717, 1.165) is 5.56 Å². The summed E-state index contributed by atoms with van der Waals surface area (Å²) in [6.07, 6.45) is 1.12. The van der Waals surface area contributed by atoms with E-state index in [2.05, 4.69) is 4.98 Å². The SMILES string of the molecule is Nc1c(Oc2cccc(Cl)c2)ncn(CC2(O)CCN(C(=O)[C@@H]3CCC(F)(F)C[C@H]3c3ccccc3)CC2)c1=O. The summed E-state index contributed by atoms with van der Waals surface area (Å²) in [5, 5.41) is 11.7. The Kier molecular flexibility index (Phi) is 7.83. The quantitative estimate of drug-likeness (QED) is 0.437. The molecule has 2 aliphatic rings. The van der Waals surface area contributed by atoms with E-state index in [-0.39, 0.29) is 69.2 Å². The third kappa shape index (κ3) is 6.13. The van der Waals surface area contributed by atoms with Crippen LogP contribution in [0.25, 0.3) is 0 Å². The van der Waals surface area contributed by atoms with Gasteiger partial charge in [0.25, 0.3) is 5.56 Å². The third-order valence-corrected chi connectivity index (χ3v) is 8.12. The molecular formula is C29H31ClF2N4O4. The molecule has 0 radical (unpaired) electrons. The summed E-state index contributed by atoms with van der Waals surface area (Å²) in [5.74, 6) is -3.79. The molecule has 0 spiro atoms. The Morgan fingerprint density at radius 2 is 1.85 bits per heavy atom. The Morgan fingerprint density at radius 3 is 2.55 bits per heavy atom. The molecule has 1 amide bonds. The number of carbonyl (C=O) groups excluding carboxylic acids is 1. The average molecular weight is 573 g/mol. The standard InChI is InChI=1S/C29H31ClF2N4O4/c30-20-7-4-8-21(15-20)40-25-24(33)27(38)36(18-34-25)17-28(39)11-13-35(14-12-28)26(37)22-9-10-29(31,32)16-23(22)19-5-2-1-3-6-19/h1-8,15,18,22-23,39H,9-14,16-17,33H2/t22-,23+/m1/s1. The Hall–Kier alpha value is -3.50. The average Bonchev–Trinajstić information content (AvgIpc) is 2.93. The Labute approximate surface area is 235 Å². The van der Waals surface area contributed by atoms with Gasteiger partial charge in [-0.3, -0.25) is 14.2 Å². The molecule has 40 heavy (non-hydrogen) atoms. The van der Waals surface area contributed by atoms with Crippen molar-refractivity contribution >= 4 is 23.2 Å². The fourth-order valence-corrected chi connectivity index (χ4v) is 5.84. The van der Waals surface area contributed by atoms with Gasteiger partial charge in [-0.15, -0.1) is 0 Å². The molecule has 11 heteroatoms. The lowest BCUT2D eigenvalue weighted by atomic mass is 9.73. The van der Waals surface area contributed by atoms with Crippen molar-refractivity contribution in [2.45, 2.75) is 56.1 Å². The first-order valence-electron chi connectivity index (χ1n) is 13.3. The van der Waals surface area contributed by atoms with E-state index < -0.39 is 28.9 Å². The number of ether oxygens (including phenoxy) is 1. The second kappa shape index (κ2) is 11.2. The van der Waals surface area contributed by atoms with Crippen molar-refractivity contribution in [2.75, 3.05) is 18.8 Å². The molecule has 1 saturated heterocycles. The molecule has 5 rings (SSSR count). The number of nitrogen functional groups attached to an aromatic ring is 1. The molecule has 1 aliphatic heterocycles. The minimum Gasteiger partial charge on any atom is -0.437 e. The highest BCUT2D eigenvalue weighted by molar-refractivity contribution is 6.30. The van der Waals surface area contributed by atoms with Gasteiger partial charge in [0.2, 0.25) is 17.7 Å². The highest BCUT2D eigenvalue weighted by Gasteiger charge is 2.46. The number of nitrogens with two attached hydrogens (primary N) is 1. The van der Waals surface area contributed by atoms with E-state index in [1.807, 2.05) is 6.07 Å². The van der Waals surface area contributed by atoms with Crippen LogP contribution in [0, 0.1) is 5.92 Å². The Morgan fingerprint density at radius 1 is 1.12 bits per heavy atom. The van der Waals surface area contributed by atoms with Crippen molar-refractivity contribution in [3.63, 3.8) is 0 Å². The van der Waals surface area contributed by atoms with E-state index in [1.165, 1.54) is 10.9 Å². The maximum atomic E-state index is 14.3. The summed E-state index contributed by atoms with van der Waals surface area (Å²) >= 11 is 5.97. The van der Waals surface area contributed by atoms with Crippen molar-refractivity contribution in [3.8, 4) is 11.6 Å². The number of benzene rings is 2. The van der Waals surface area contributed by atoms with E-state index in [1.54, 1.807) is 53.4 Å². The van der Waals surface area contributed by atoms with Crippen LogP contribution in [0.3, 0.4) is 0 Å². The summed E-state index contributed by atoms with van der Waals surface area (Å²) in [6, 6.07) is 15.6. The second-order valence-electron chi connectivity index (χ2n) is 10.7. The molecule has 2 heterocycles. The molecule has 3 N–H and O–H groups in total. The third-order valence-electron chi connectivity index (χ3n) is 7.89. The van der Waals surface area contributed by atoms with Crippen LogP contribution >= 0.6 is 11.6 Å². The number of carbonyl (C=O) groups is 1. The van der Waals surface area contributed by atoms with Gasteiger partial charge < -0.3 is 20.5 Å².